The van der Waals surface area contributed by atoms with Crippen LogP contribution in [-0.2, 0) is 10.2 Å². The third kappa shape index (κ3) is 1.08. The van der Waals surface area contributed by atoms with Crippen molar-refractivity contribution in [2.75, 3.05) is 0 Å². The van der Waals surface area contributed by atoms with Gasteiger partial charge < -0.3 is 9.90 Å². The van der Waals surface area contributed by atoms with Crippen LogP contribution >= 0.6 is 0 Å². The van der Waals surface area contributed by atoms with Gasteiger partial charge in [0.1, 0.15) is 0 Å². The molecule has 2 aromatic rings. The van der Waals surface area contributed by atoms with Crippen molar-refractivity contribution in [3.05, 3.63) is 35.7 Å². The second-order valence-electron chi connectivity index (χ2n) is 6.45. The van der Waals surface area contributed by atoms with Gasteiger partial charge in [0.15, 0.2) is 0 Å². The Hall–Kier alpha value is -1.97. The van der Waals surface area contributed by atoms with Gasteiger partial charge in [0.05, 0.1) is 33.8 Å². The molecule has 102 valence electrons. The Bertz CT molecular complexity index is 753. The number of para-hydroxylation sites is 2. The molecule has 0 saturated heterocycles. The summed E-state index contributed by atoms with van der Waals surface area (Å²) < 4.78 is 0. The summed E-state index contributed by atoms with van der Waals surface area (Å²) in [6.45, 7) is 4.02. The van der Waals surface area contributed by atoms with Crippen molar-refractivity contribution in [2.45, 2.75) is 38.0 Å². The van der Waals surface area contributed by atoms with Gasteiger partial charge in [0, 0.05) is 5.92 Å². The number of rotatable bonds is 1. The van der Waals surface area contributed by atoms with E-state index < -0.39 is 11.4 Å². The average Bonchev–Trinajstić information content (AvgIpc) is 2.79. The van der Waals surface area contributed by atoms with Gasteiger partial charge in [-0.05, 0) is 30.4 Å². The highest BCUT2D eigenvalue weighted by Crippen LogP contribution is 2.66. The molecule has 2 atom stereocenters. The Labute approximate surface area is 116 Å². The zero-order valence-corrected chi connectivity index (χ0v) is 11.5. The number of fused-ring (bicyclic) bond motifs is 6. The third-order valence-electron chi connectivity index (χ3n) is 5.46. The lowest BCUT2D eigenvalue weighted by Crippen LogP contribution is -2.51. The van der Waals surface area contributed by atoms with Crippen LogP contribution < -0.4 is 5.11 Å². The Kier molecular flexibility index (Phi) is 1.99. The van der Waals surface area contributed by atoms with Crippen LogP contribution in [-0.4, -0.2) is 15.9 Å². The van der Waals surface area contributed by atoms with Crippen LogP contribution in [0.25, 0.3) is 11.0 Å². The van der Waals surface area contributed by atoms with Crippen LogP contribution in [0.1, 0.15) is 44.0 Å². The fourth-order valence-electron chi connectivity index (χ4n) is 4.28. The highest BCUT2D eigenvalue weighted by Gasteiger charge is 2.64. The minimum atomic E-state index is -1.01. The van der Waals surface area contributed by atoms with Crippen LogP contribution in [0.5, 0.6) is 0 Å². The minimum absolute atomic E-state index is 0.160. The first kappa shape index (κ1) is 11.8. The molecule has 0 aliphatic heterocycles. The maximum absolute atomic E-state index is 11.9. The van der Waals surface area contributed by atoms with E-state index in [1.807, 2.05) is 38.1 Å². The standard InChI is InChI=1S/C16H16N2O2/c1-15(2)9-7-8-16(15,14(19)20)13-12(9)17-10-5-3-4-6-11(10)18-13/h3-6,9H,7-8H2,1-2H3,(H,19,20)/p-1/t9-,16-/m1/s1. The first-order valence-electron chi connectivity index (χ1n) is 6.97. The number of aliphatic carboxylic acids is 1. The molecule has 0 radical (unpaired) electrons. The van der Waals surface area contributed by atoms with Gasteiger partial charge in [-0.25, -0.2) is 9.97 Å². The van der Waals surface area contributed by atoms with E-state index in [4.69, 9.17) is 4.98 Å². The zero-order chi connectivity index (χ0) is 14.1. The first-order chi connectivity index (χ1) is 9.48. The van der Waals surface area contributed by atoms with Crippen molar-refractivity contribution < 1.29 is 9.90 Å². The number of benzene rings is 1. The fourth-order valence-corrected chi connectivity index (χ4v) is 4.28. The molecule has 1 heterocycles. The highest BCUT2D eigenvalue weighted by molar-refractivity contribution is 5.85. The number of aromatic nitrogens is 2. The summed E-state index contributed by atoms with van der Waals surface area (Å²) in [4.78, 5) is 21.3. The lowest BCUT2D eigenvalue weighted by Gasteiger charge is -2.38. The van der Waals surface area contributed by atoms with Gasteiger partial charge in [-0.1, -0.05) is 26.0 Å². The summed E-state index contributed by atoms with van der Waals surface area (Å²) >= 11 is 0. The Morgan fingerprint density at radius 2 is 1.90 bits per heavy atom. The smallest absolute Gasteiger partial charge is 0.0890 e. The number of carboxylic acid groups (broad SMARTS) is 1. The normalized spacial score (nSPS) is 29.6. The predicted molar refractivity (Wildman–Crippen MR) is 72.0 cm³/mol. The molecule has 0 unspecified atom stereocenters. The minimum Gasteiger partial charge on any atom is -0.549 e. The van der Waals surface area contributed by atoms with E-state index in [1.165, 1.54) is 0 Å². The number of carbonyl (C=O) groups excluding carboxylic acids is 1. The maximum Gasteiger partial charge on any atom is 0.0890 e. The van der Waals surface area contributed by atoms with E-state index >= 15 is 0 Å². The maximum atomic E-state index is 11.9. The molecule has 0 spiro atoms. The molecule has 1 fully saturated rings. The van der Waals surface area contributed by atoms with E-state index in [-0.39, 0.29) is 11.3 Å². The summed E-state index contributed by atoms with van der Waals surface area (Å²) in [7, 11) is 0. The quantitative estimate of drug-likeness (QED) is 0.786. The van der Waals surface area contributed by atoms with Crippen molar-refractivity contribution >= 4 is 17.0 Å². The molecule has 2 aliphatic carbocycles. The molecular weight excluding hydrogens is 252 g/mol. The van der Waals surface area contributed by atoms with E-state index in [0.717, 1.165) is 23.1 Å². The second kappa shape index (κ2) is 3.37. The van der Waals surface area contributed by atoms with Crippen LogP contribution in [0.15, 0.2) is 24.3 Å². The van der Waals surface area contributed by atoms with E-state index in [9.17, 15) is 9.90 Å². The number of hydrogen-bond acceptors (Lipinski definition) is 4. The largest absolute Gasteiger partial charge is 0.549 e. The Morgan fingerprint density at radius 1 is 1.25 bits per heavy atom. The van der Waals surface area contributed by atoms with Gasteiger partial charge in [0.2, 0.25) is 0 Å². The zero-order valence-electron chi connectivity index (χ0n) is 11.5. The van der Waals surface area contributed by atoms with Crippen LogP contribution in [0.2, 0.25) is 0 Å². The van der Waals surface area contributed by atoms with Gasteiger partial charge in [0.25, 0.3) is 0 Å². The lowest BCUT2D eigenvalue weighted by atomic mass is 9.68. The summed E-state index contributed by atoms with van der Waals surface area (Å²) in [5.74, 6) is -0.846. The molecule has 2 aliphatic rings. The van der Waals surface area contributed by atoms with Crippen molar-refractivity contribution in [3.8, 4) is 0 Å². The van der Waals surface area contributed by atoms with Gasteiger partial charge >= 0.3 is 0 Å². The number of nitrogens with zero attached hydrogens (tertiary/aromatic N) is 2. The van der Waals surface area contributed by atoms with Gasteiger partial charge in [-0.2, -0.15) is 0 Å². The summed E-state index contributed by atoms with van der Waals surface area (Å²) in [6.07, 6.45) is 1.45. The summed E-state index contributed by atoms with van der Waals surface area (Å²) in [5, 5.41) is 11.9. The third-order valence-corrected chi connectivity index (χ3v) is 5.46. The molecule has 4 rings (SSSR count). The molecule has 1 saturated carbocycles. The van der Waals surface area contributed by atoms with E-state index in [0.29, 0.717) is 12.1 Å². The molecule has 0 N–H and O–H groups in total. The topological polar surface area (TPSA) is 65.9 Å². The Balaban J connectivity index is 2.10. The number of carbonyl (C=O) groups is 1. The first-order valence-corrected chi connectivity index (χ1v) is 6.97. The average molecular weight is 267 g/mol. The molecule has 20 heavy (non-hydrogen) atoms. The van der Waals surface area contributed by atoms with Crippen molar-refractivity contribution in [2.24, 2.45) is 5.41 Å². The molecule has 1 aromatic heterocycles. The van der Waals surface area contributed by atoms with Gasteiger partial charge in [-0.15, -0.1) is 0 Å². The van der Waals surface area contributed by atoms with Crippen LogP contribution in [0, 0.1) is 5.41 Å². The van der Waals surface area contributed by atoms with Crippen molar-refractivity contribution in [1.82, 2.24) is 9.97 Å². The molecule has 4 nitrogen and oxygen atoms in total. The fraction of sp³-hybridized carbons (Fsp3) is 0.438. The molecule has 1 aromatic carbocycles. The predicted octanol–water partition coefficient (Wildman–Crippen LogP) is 1.53. The monoisotopic (exact) mass is 267 g/mol. The van der Waals surface area contributed by atoms with Crippen molar-refractivity contribution in [1.29, 1.82) is 0 Å². The summed E-state index contributed by atoms with van der Waals surface area (Å²) in [5.41, 5.74) is 1.73. The van der Waals surface area contributed by atoms with E-state index in [1.54, 1.807) is 0 Å². The Morgan fingerprint density at radius 3 is 2.55 bits per heavy atom. The van der Waals surface area contributed by atoms with Crippen molar-refractivity contribution in [3.63, 3.8) is 0 Å². The molecule has 0 amide bonds. The second-order valence-corrected chi connectivity index (χ2v) is 6.45. The molecule has 4 heteroatoms. The van der Waals surface area contributed by atoms with Gasteiger partial charge in [-0.3, -0.25) is 0 Å². The van der Waals surface area contributed by atoms with Crippen LogP contribution in [0.3, 0.4) is 0 Å². The molecular formula is C16H15N2O2-. The number of carboxylic acids is 1. The molecule has 2 bridgehead atoms. The highest BCUT2D eigenvalue weighted by atomic mass is 16.4. The van der Waals surface area contributed by atoms with E-state index in [2.05, 4.69) is 4.98 Å². The summed E-state index contributed by atoms with van der Waals surface area (Å²) in [6, 6.07) is 7.63. The number of hydrogen-bond donors (Lipinski definition) is 0. The lowest BCUT2D eigenvalue weighted by molar-refractivity contribution is -0.317. The van der Waals surface area contributed by atoms with Crippen LogP contribution in [0.4, 0.5) is 0 Å². The SMILES string of the molecule is CC1(C)[C@@H]2CC[C@]1(C(=O)[O-])c1nc3ccccc3nc12.